The van der Waals surface area contributed by atoms with E-state index in [0.717, 1.165) is 25.2 Å². The maximum Gasteiger partial charge on any atom is 0.156 e. The Labute approximate surface area is 128 Å². The summed E-state index contributed by atoms with van der Waals surface area (Å²) in [5.74, 6) is 2.00. The molecule has 2 aliphatic carbocycles. The fourth-order valence-corrected chi connectivity index (χ4v) is 4.05. The largest absolute Gasteiger partial charge is 0.297 e. The van der Waals surface area contributed by atoms with Gasteiger partial charge in [0.2, 0.25) is 0 Å². The zero-order chi connectivity index (χ0) is 15.0. The summed E-state index contributed by atoms with van der Waals surface area (Å²) in [7, 11) is 4.18. The molecule has 1 aromatic carbocycles. The highest BCUT2D eigenvalue weighted by atomic mass is 16.1. The number of Topliss-reactive ketones (excluding diaryl/α,β-unsaturated/α-hetero) is 1. The van der Waals surface area contributed by atoms with E-state index in [4.69, 9.17) is 0 Å². The Morgan fingerprint density at radius 1 is 1.14 bits per heavy atom. The topological polar surface area (TPSA) is 20.3 Å². The first kappa shape index (κ1) is 14.8. The molecule has 2 nitrogen and oxygen atoms in total. The minimum Gasteiger partial charge on any atom is -0.297 e. The second-order valence-corrected chi connectivity index (χ2v) is 7.33. The first-order valence-corrected chi connectivity index (χ1v) is 8.31. The number of hydrogen-bond donors (Lipinski definition) is 0. The molecule has 0 heterocycles. The third-order valence-corrected chi connectivity index (χ3v) is 5.77. The van der Waals surface area contributed by atoms with Crippen molar-refractivity contribution >= 4 is 5.78 Å². The quantitative estimate of drug-likeness (QED) is 0.837. The second kappa shape index (κ2) is 5.57. The van der Waals surface area contributed by atoms with Crippen LogP contribution in [0, 0.1) is 11.8 Å². The Balaban J connectivity index is 1.75. The number of benzene rings is 1. The fraction of sp³-hybridized carbons (Fsp3) is 0.632. The van der Waals surface area contributed by atoms with Gasteiger partial charge in [-0.3, -0.25) is 9.69 Å². The van der Waals surface area contributed by atoms with Gasteiger partial charge in [-0.15, -0.1) is 0 Å². The van der Waals surface area contributed by atoms with Gasteiger partial charge in [0, 0.05) is 5.92 Å². The minimum atomic E-state index is -0.194. The molecule has 2 aliphatic rings. The summed E-state index contributed by atoms with van der Waals surface area (Å²) in [6, 6.07) is 10.6. The molecule has 0 saturated heterocycles. The van der Waals surface area contributed by atoms with Crippen molar-refractivity contribution in [1.29, 1.82) is 0 Å². The molecule has 3 rings (SSSR count). The lowest BCUT2D eigenvalue weighted by atomic mass is 9.72. The van der Waals surface area contributed by atoms with Gasteiger partial charge >= 0.3 is 0 Å². The van der Waals surface area contributed by atoms with Crippen molar-refractivity contribution in [2.75, 3.05) is 14.1 Å². The van der Waals surface area contributed by atoms with Gasteiger partial charge in [-0.2, -0.15) is 0 Å². The first-order chi connectivity index (χ1) is 10.0. The SMILES string of the molecule is CC1CCC(C(=O)C2CC2c2ccccc2)(N(C)C)CC1. The van der Waals surface area contributed by atoms with Crippen LogP contribution in [-0.4, -0.2) is 30.3 Å². The zero-order valence-corrected chi connectivity index (χ0v) is 13.5. The van der Waals surface area contributed by atoms with Gasteiger partial charge in [-0.1, -0.05) is 37.3 Å². The average Bonchev–Trinajstić information content (AvgIpc) is 3.28. The average molecular weight is 285 g/mol. The molecule has 2 heteroatoms. The predicted octanol–water partition coefficient (Wildman–Crippen LogP) is 3.87. The number of hydrogen-bond acceptors (Lipinski definition) is 2. The molecule has 2 atom stereocenters. The number of nitrogens with zero attached hydrogens (tertiary/aromatic N) is 1. The molecular formula is C19H27NO. The van der Waals surface area contributed by atoms with Gasteiger partial charge in [0.15, 0.2) is 5.78 Å². The summed E-state index contributed by atoms with van der Waals surface area (Å²) in [6.07, 6.45) is 5.50. The second-order valence-electron chi connectivity index (χ2n) is 7.33. The molecule has 2 unspecified atom stereocenters. The summed E-state index contributed by atoms with van der Waals surface area (Å²) < 4.78 is 0. The van der Waals surface area contributed by atoms with Crippen LogP contribution in [0.25, 0.3) is 0 Å². The normalized spacial score (nSPS) is 35.7. The molecule has 0 aliphatic heterocycles. The Morgan fingerprint density at radius 2 is 1.76 bits per heavy atom. The van der Waals surface area contributed by atoms with Crippen molar-refractivity contribution in [3.05, 3.63) is 35.9 Å². The Kier molecular flexibility index (Phi) is 3.92. The van der Waals surface area contributed by atoms with Crippen molar-refractivity contribution in [3.8, 4) is 0 Å². The van der Waals surface area contributed by atoms with Crippen molar-refractivity contribution in [3.63, 3.8) is 0 Å². The van der Waals surface area contributed by atoms with Gasteiger partial charge in [0.25, 0.3) is 0 Å². The van der Waals surface area contributed by atoms with Crippen molar-refractivity contribution in [2.45, 2.75) is 50.5 Å². The number of carbonyl (C=O) groups excluding carboxylic acids is 1. The van der Waals surface area contributed by atoms with Gasteiger partial charge in [0.05, 0.1) is 5.54 Å². The van der Waals surface area contributed by atoms with Crippen LogP contribution < -0.4 is 0 Å². The van der Waals surface area contributed by atoms with Crippen LogP contribution in [0.15, 0.2) is 30.3 Å². The highest BCUT2D eigenvalue weighted by molar-refractivity contribution is 5.93. The van der Waals surface area contributed by atoms with E-state index in [-0.39, 0.29) is 11.5 Å². The highest BCUT2D eigenvalue weighted by Gasteiger charge is 2.53. The van der Waals surface area contributed by atoms with Gasteiger partial charge in [-0.25, -0.2) is 0 Å². The number of rotatable bonds is 4. The van der Waals surface area contributed by atoms with E-state index in [1.165, 1.54) is 18.4 Å². The lowest BCUT2D eigenvalue weighted by Gasteiger charge is -2.43. The van der Waals surface area contributed by atoms with E-state index in [0.29, 0.717) is 11.7 Å². The third-order valence-electron chi connectivity index (χ3n) is 5.77. The maximum absolute atomic E-state index is 13.2. The summed E-state index contributed by atoms with van der Waals surface area (Å²) >= 11 is 0. The molecule has 2 fully saturated rings. The predicted molar refractivity (Wildman–Crippen MR) is 86.3 cm³/mol. The van der Waals surface area contributed by atoms with Crippen molar-refractivity contribution in [1.82, 2.24) is 4.90 Å². The van der Waals surface area contributed by atoms with E-state index in [2.05, 4.69) is 50.2 Å². The molecule has 21 heavy (non-hydrogen) atoms. The summed E-state index contributed by atoms with van der Waals surface area (Å²) in [5.41, 5.74) is 1.15. The van der Waals surface area contributed by atoms with E-state index < -0.39 is 0 Å². The van der Waals surface area contributed by atoms with Crippen LogP contribution in [0.1, 0.15) is 50.5 Å². The molecule has 114 valence electrons. The summed E-state index contributed by atoms with van der Waals surface area (Å²) in [4.78, 5) is 15.4. The minimum absolute atomic E-state index is 0.194. The van der Waals surface area contributed by atoms with Crippen LogP contribution in [-0.2, 0) is 4.79 Å². The van der Waals surface area contributed by atoms with E-state index in [1.54, 1.807) is 0 Å². The Bertz CT molecular complexity index is 500. The van der Waals surface area contributed by atoms with E-state index >= 15 is 0 Å². The van der Waals surface area contributed by atoms with Crippen LogP contribution in [0.2, 0.25) is 0 Å². The fourth-order valence-electron chi connectivity index (χ4n) is 4.05. The molecular weight excluding hydrogens is 258 g/mol. The number of likely N-dealkylation sites (N-methyl/N-ethyl adjacent to an activating group) is 1. The van der Waals surface area contributed by atoms with Crippen molar-refractivity contribution in [2.24, 2.45) is 11.8 Å². The molecule has 2 saturated carbocycles. The molecule has 0 spiro atoms. The number of ketones is 1. The maximum atomic E-state index is 13.2. The van der Waals surface area contributed by atoms with Crippen LogP contribution in [0.3, 0.4) is 0 Å². The zero-order valence-electron chi connectivity index (χ0n) is 13.5. The molecule has 0 radical (unpaired) electrons. The molecule has 0 amide bonds. The van der Waals surface area contributed by atoms with E-state index in [9.17, 15) is 4.79 Å². The summed E-state index contributed by atoms with van der Waals surface area (Å²) in [6.45, 7) is 2.31. The molecule has 0 aromatic heterocycles. The summed E-state index contributed by atoms with van der Waals surface area (Å²) in [5, 5.41) is 0. The highest BCUT2D eigenvalue weighted by Crippen LogP contribution is 2.52. The van der Waals surface area contributed by atoms with Gasteiger partial charge in [0.1, 0.15) is 0 Å². The standard InChI is InChI=1S/C19H27NO/c1-14-9-11-19(12-10-14,20(2)3)18(21)17-13-16(17)15-7-5-4-6-8-15/h4-8,14,16-17H,9-13H2,1-3H3. The van der Waals surface area contributed by atoms with Crippen LogP contribution in [0.4, 0.5) is 0 Å². The smallest absolute Gasteiger partial charge is 0.156 e. The molecule has 1 aromatic rings. The molecule has 0 bridgehead atoms. The monoisotopic (exact) mass is 285 g/mol. The van der Waals surface area contributed by atoms with Gasteiger partial charge < -0.3 is 0 Å². The van der Waals surface area contributed by atoms with Gasteiger partial charge in [-0.05, 0) is 63.6 Å². The van der Waals surface area contributed by atoms with Crippen LogP contribution in [0.5, 0.6) is 0 Å². The van der Waals surface area contributed by atoms with Crippen molar-refractivity contribution < 1.29 is 4.79 Å². The van der Waals surface area contributed by atoms with Crippen LogP contribution >= 0.6 is 0 Å². The lowest BCUT2D eigenvalue weighted by Crippen LogP contribution is -2.54. The third kappa shape index (κ3) is 2.66. The number of carbonyl (C=O) groups is 1. The lowest BCUT2D eigenvalue weighted by molar-refractivity contribution is -0.133. The van der Waals surface area contributed by atoms with E-state index in [1.807, 2.05) is 6.07 Å². The Hall–Kier alpha value is -1.15. The first-order valence-electron chi connectivity index (χ1n) is 8.31. The Morgan fingerprint density at radius 3 is 2.33 bits per heavy atom. The molecule has 0 N–H and O–H groups in total.